The lowest BCUT2D eigenvalue weighted by molar-refractivity contribution is -0.122. The van der Waals surface area contributed by atoms with Crippen LogP contribution in [0.25, 0.3) is 5.57 Å². The molecule has 2 heterocycles. The number of amides is 3. The van der Waals surface area contributed by atoms with Gasteiger partial charge < -0.3 is 10.1 Å². The molecule has 0 aliphatic carbocycles. The molecule has 8 nitrogen and oxygen atoms in total. The Morgan fingerprint density at radius 1 is 0.950 bits per heavy atom. The summed E-state index contributed by atoms with van der Waals surface area (Å²) < 4.78 is 18.6. The number of fused-ring (bicyclic) bond motifs is 1. The maximum absolute atomic E-state index is 13.6. The van der Waals surface area contributed by atoms with Crippen molar-refractivity contribution >= 4 is 68.9 Å². The molecule has 0 atom stereocenters. The van der Waals surface area contributed by atoms with E-state index in [1.807, 2.05) is 0 Å². The number of rotatable bonds is 7. The first kappa shape index (κ1) is 27.2. The van der Waals surface area contributed by atoms with Gasteiger partial charge in [0.25, 0.3) is 11.8 Å². The smallest absolute Gasteiger partial charge is 0.338 e. The van der Waals surface area contributed by atoms with E-state index in [0.717, 1.165) is 11.8 Å². The topological polar surface area (TPSA) is 96.0 Å². The quantitative estimate of drug-likeness (QED) is 0.247. The molecule has 40 heavy (non-hydrogen) atoms. The SMILES string of the molecule is CCOC(=O)c1ccc(NC(=O)CN2C(=O)/C(=C3\SC(=S)N(Cc4ccc(F)cc4)C3=O)c3ccccc32)cc1. The summed E-state index contributed by atoms with van der Waals surface area (Å²) in [5.41, 5.74) is 2.70. The molecule has 3 aromatic rings. The predicted molar refractivity (Wildman–Crippen MR) is 154 cm³/mol. The van der Waals surface area contributed by atoms with E-state index in [4.69, 9.17) is 17.0 Å². The Morgan fingerprint density at radius 3 is 2.35 bits per heavy atom. The molecule has 0 saturated carbocycles. The van der Waals surface area contributed by atoms with Crippen LogP contribution >= 0.6 is 24.0 Å². The van der Waals surface area contributed by atoms with Gasteiger partial charge in [-0.2, -0.15) is 0 Å². The zero-order valence-electron chi connectivity index (χ0n) is 21.2. The van der Waals surface area contributed by atoms with Crippen molar-refractivity contribution in [3.05, 3.63) is 100 Å². The molecule has 5 rings (SSSR count). The lowest BCUT2D eigenvalue weighted by atomic mass is 10.1. The van der Waals surface area contributed by atoms with Crippen molar-refractivity contribution in [1.82, 2.24) is 4.90 Å². The molecule has 0 spiro atoms. The van der Waals surface area contributed by atoms with Gasteiger partial charge in [-0.15, -0.1) is 0 Å². The number of esters is 1. The third-order valence-corrected chi connectivity index (χ3v) is 7.68. The minimum atomic E-state index is -0.490. The largest absolute Gasteiger partial charge is 0.462 e. The number of ether oxygens (including phenoxy) is 1. The number of carbonyl (C=O) groups is 4. The summed E-state index contributed by atoms with van der Waals surface area (Å²) >= 11 is 6.47. The third-order valence-electron chi connectivity index (χ3n) is 6.23. The van der Waals surface area contributed by atoms with E-state index in [9.17, 15) is 23.6 Å². The monoisotopic (exact) mass is 575 g/mol. The molecule has 2 aliphatic rings. The number of thioether (sulfide) groups is 1. The fourth-order valence-corrected chi connectivity index (χ4v) is 5.69. The van der Waals surface area contributed by atoms with Gasteiger partial charge in [0.15, 0.2) is 0 Å². The number of nitrogens with one attached hydrogen (secondary N) is 1. The highest BCUT2D eigenvalue weighted by molar-refractivity contribution is 8.26. The molecule has 0 bridgehead atoms. The van der Waals surface area contributed by atoms with Crippen LogP contribution in [-0.2, 0) is 25.7 Å². The average molecular weight is 576 g/mol. The first-order valence-corrected chi connectivity index (χ1v) is 13.5. The van der Waals surface area contributed by atoms with Crippen LogP contribution in [0.5, 0.6) is 0 Å². The standard InChI is InChI=1S/C29H22FN3O5S2/c1-2-38-28(37)18-9-13-20(14-10-18)31-23(34)16-32-22-6-4-3-5-21(22)24(26(32)35)25-27(36)33(29(39)40-25)15-17-7-11-19(30)12-8-17/h3-14H,2,15-16H2,1H3,(H,31,34)/b25-24-. The van der Waals surface area contributed by atoms with E-state index in [2.05, 4.69) is 5.32 Å². The van der Waals surface area contributed by atoms with Gasteiger partial charge in [-0.05, 0) is 55.0 Å². The molecule has 3 amide bonds. The highest BCUT2D eigenvalue weighted by atomic mass is 32.2. The summed E-state index contributed by atoms with van der Waals surface area (Å²) in [4.78, 5) is 54.7. The van der Waals surface area contributed by atoms with Gasteiger partial charge >= 0.3 is 5.97 Å². The minimum absolute atomic E-state index is 0.138. The number of hydrogen-bond acceptors (Lipinski definition) is 7. The Hall–Kier alpha value is -4.35. The number of halogens is 1. The van der Waals surface area contributed by atoms with E-state index in [0.29, 0.717) is 28.1 Å². The van der Waals surface area contributed by atoms with Gasteiger partial charge in [0.1, 0.15) is 16.7 Å². The first-order valence-electron chi connectivity index (χ1n) is 12.3. The number of carbonyl (C=O) groups excluding carboxylic acids is 4. The van der Waals surface area contributed by atoms with E-state index in [1.165, 1.54) is 34.1 Å². The van der Waals surface area contributed by atoms with Crippen molar-refractivity contribution < 1.29 is 28.3 Å². The van der Waals surface area contributed by atoms with Crippen LogP contribution in [0.3, 0.4) is 0 Å². The lowest BCUT2D eigenvalue weighted by Gasteiger charge is -2.17. The molecule has 3 aromatic carbocycles. The Kier molecular flexibility index (Phi) is 7.76. The van der Waals surface area contributed by atoms with Gasteiger partial charge in [0.05, 0.1) is 34.9 Å². The zero-order valence-corrected chi connectivity index (χ0v) is 22.8. The molecule has 0 unspecified atom stereocenters. The molecule has 0 aromatic heterocycles. The minimum Gasteiger partial charge on any atom is -0.462 e. The van der Waals surface area contributed by atoms with Crippen molar-refractivity contribution in [3.63, 3.8) is 0 Å². The number of para-hydroxylation sites is 1. The van der Waals surface area contributed by atoms with Crippen molar-refractivity contribution in [2.45, 2.75) is 13.5 Å². The third kappa shape index (κ3) is 5.38. The Bertz CT molecular complexity index is 1570. The molecule has 1 fully saturated rings. The second-order valence-electron chi connectivity index (χ2n) is 8.84. The summed E-state index contributed by atoms with van der Waals surface area (Å²) in [7, 11) is 0. The van der Waals surface area contributed by atoms with E-state index < -0.39 is 23.7 Å². The molecule has 2 aliphatic heterocycles. The van der Waals surface area contributed by atoms with Crippen molar-refractivity contribution in [2.24, 2.45) is 0 Å². The normalized spacial score (nSPS) is 16.4. The molecule has 1 N–H and O–H groups in total. The molecule has 0 radical (unpaired) electrons. The molecular formula is C29H22FN3O5S2. The van der Waals surface area contributed by atoms with Crippen molar-refractivity contribution in [2.75, 3.05) is 23.4 Å². The number of thiocarbonyl (C=S) groups is 1. The van der Waals surface area contributed by atoms with E-state index in [-0.39, 0.29) is 40.3 Å². The Balaban J connectivity index is 1.36. The second kappa shape index (κ2) is 11.4. The van der Waals surface area contributed by atoms with E-state index in [1.54, 1.807) is 55.5 Å². The summed E-state index contributed by atoms with van der Waals surface area (Å²) in [5, 5.41) is 2.73. The van der Waals surface area contributed by atoms with Crippen LogP contribution in [0, 0.1) is 5.82 Å². The Morgan fingerprint density at radius 2 is 1.65 bits per heavy atom. The lowest BCUT2D eigenvalue weighted by Crippen LogP contribution is -2.35. The van der Waals surface area contributed by atoms with Gasteiger partial charge in [-0.3, -0.25) is 24.2 Å². The van der Waals surface area contributed by atoms with Crippen LogP contribution in [0.1, 0.15) is 28.4 Å². The van der Waals surface area contributed by atoms with Gasteiger partial charge in [0.2, 0.25) is 5.91 Å². The predicted octanol–water partition coefficient (Wildman–Crippen LogP) is 4.76. The summed E-state index contributed by atoms with van der Waals surface area (Å²) in [6, 6.07) is 18.9. The Labute approximate surface area is 238 Å². The highest BCUT2D eigenvalue weighted by Crippen LogP contribution is 2.44. The fourth-order valence-electron chi connectivity index (χ4n) is 4.36. The molecular weight excluding hydrogens is 553 g/mol. The van der Waals surface area contributed by atoms with Gasteiger partial charge in [-0.1, -0.05) is 54.3 Å². The van der Waals surface area contributed by atoms with Crippen LogP contribution in [0.4, 0.5) is 15.8 Å². The van der Waals surface area contributed by atoms with E-state index >= 15 is 0 Å². The fraction of sp³-hybridized carbons (Fsp3) is 0.138. The number of anilines is 2. The van der Waals surface area contributed by atoms with Gasteiger partial charge in [0, 0.05) is 11.3 Å². The maximum atomic E-state index is 13.6. The van der Waals surface area contributed by atoms with Crippen LogP contribution in [0.15, 0.2) is 77.7 Å². The maximum Gasteiger partial charge on any atom is 0.338 e. The molecule has 202 valence electrons. The number of nitrogens with zero attached hydrogens (tertiary/aromatic N) is 2. The zero-order chi connectivity index (χ0) is 28.4. The van der Waals surface area contributed by atoms with Gasteiger partial charge in [-0.25, -0.2) is 9.18 Å². The summed E-state index contributed by atoms with van der Waals surface area (Å²) in [6.07, 6.45) is 0. The van der Waals surface area contributed by atoms with Crippen molar-refractivity contribution in [1.29, 1.82) is 0 Å². The van der Waals surface area contributed by atoms with Crippen LogP contribution in [-0.4, -0.2) is 46.1 Å². The highest BCUT2D eigenvalue weighted by Gasteiger charge is 2.42. The molecule has 1 saturated heterocycles. The number of benzene rings is 3. The van der Waals surface area contributed by atoms with Crippen LogP contribution < -0.4 is 10.2 Å². The second-order valence-corrected chi connectivity index (χ2v) is 10.5. The number of hydrogen-bond donors (Lipinski definition) is 1. The van der Waals surface area contributed by atoms with Crippen LogP contribution in [0.2, 0.25) is 0 Å². The van der Waals surface area contributed by atoms with Crippen molar-refractivity contribution in [3.8, 4) is 0 Å². The summed E-state index contributed by atoms with van der Waals surface area (Å²) in [6.45, 7) is 1.81. The first-order chi connectivity index (χ1) is 19.3. The molecule has 11 heteroatoms. The summed E-state index contributed by atoms with van der Waals surface area (Å²) in [5.74, 6) is -2.23. The average Bonchev–Trinajstić information content (AvgIpc) is 3.37.